The number of rotatable bonds is 6. The molecule has 1 aliphatic heterocycles. The summed E-state index contributed by atoms with van der Waals surface area (Å²) in [6, 6.07) is 11.5. The second-order valence-corrected chi connectivity index (χ2v) is 6.05. The Balaban J connectivity index is 0.00000180. The minimum absolute atomic E-state index is 0. The van der Waals surface area contributed by atoms with Gasteiger partial charge in [0.1, 0.15) is 0 Å². The third-order valence-electron chi connectivity index (χ3n) is 3.66. The highest BCUT2D eigenvalue weighted by Crippen LogP contribution is 2.14. The summed E-state index contributed by atoms with van der Waals surface area (Å²) in [5, 5.41) is 3.38. The fourth-order valence-electron chi connectivity index (χ4n) is 2.40. The molecule has 0 radical (unpaired) electrons. The predicted octanol–water partition coefficient (Wildman–Crippen LogP) is 3.03. The number of likely N-dealkylation sites (tertiary alicyclic amines) is 1. The van der Waals surface area contributed by atoms with E-state index < -0.39 is 0 Å². The second kappa shape index (κ2) is 9.65. The first-order valence-corrected chi connectivity index (χ1v) is 8.05. The number of piperidine rings is 1. The monoisotopic (exact) mass is 300 g/mol. The lowest BCUT2D eigenvalue weighted by Gasteiger charge is -2.31. The quantitative estimate of drug-likeness (QED) is 0.813. The highest BCUT2D eigenvalue weighted by Gasteiger charge is 2.16. The van der Waals surface area contributed by atoms with Crippen molar-refractivity contribution in [1.29, 1.82) is 0 Å². The number of hydrogen-bond donors (Lipinski definition) is 1. The molecule has 1 saturated heterocycles. The second-order valence-electron chi connectivity index (χ2n) is 4.94. The summed E-state index contributed by atoms with van der Waals surface area (Å²) in [4.78, 5) is 2.60. The minimum Gasteiger partial charge on any atom is -0.317 e. The van der Waals surface area contributed by atoms with E-state index in [1.165, 1.54) is 43.8 Å². The van der Waals surface area contributed by atoms with Gasteiger partial charge in [-0.25, -0.2) is 0 Å². The van der Waals surface area contributed by atoms with Gasteiger partial charge in [-0.2, -0.15) is 11.8 Å². The summed E-state index contributed by atoms with van der Waals surface area (Å²) in [5.41, 5.74) is 1.44. The molecule has 1 aromatic rings. The first kappa shape index (κ1) is 16.8. The maximum atomic E-state index is 3.38. The van der Waals surface area contributed by atoms with Crippen LogP contribution in [0.25, 0.3) is 0 Å². The molecule has 0 atom stereocenters. The lowest BCUT2D eigenvalue weighted by molar-refractivity contribution is 0.212. The standard InChI is InChI=1S/C15H24N2S.ClH/c1-16-15-7-9-17(10-8-15)11-12-18-13-14-5-3-2-4-6-14;/h2-6,15-16H,7-13H2,1H3;1H. The number of benzene rings is 1. The van der Waals surface area contributed by atoms with E-state index in [-0.39, 0.29) is 12.4 Å². The fourth-order valence-corrected chi connectivity index (χ4v) is 3.36. The van der Waals surface area contributed by atoms with Gasteiger partial charge in [-0.15, -0.1) is 12.4 Å². The van der Waals surface area contributed by atoms with Crippen LogP contribution in [0.5, 0.6) is 0 Å². The summed E-state index contributed by atoms with van der Waals surface area (Å²) in [7, 11) is 2.08. The lowest BCUT2D eigenvalue weighted by Crippen LogP contribution is -2.41. The summed E-state index contributed by atoms with van der Waals surface area (Å²) in [6.45, 7) is 3.77. The van der Waals surface area contributed by atoms with Crippen molar-refractivity contribution < 1.29 is 0 Å². The Morgan fingerprint density at radius 2 is 1.89 bits per heavy atom. The van der Waals surface area contributed by atoms with Crippen molar-refractivity contribution in [2.24, 2.45) is 0 Å². The van der Waals surface area contributed by atoms with Crippen LogP contribution >= 0.6 is 24.2 Å². The van der Waals surface area contributed by atoms with Crippen molar-refractivity contribution >= 4 is 24.2 Å². The van der Waals surface area contributed by atoms with Gasteiger partial charge in [-0.05, 0) is 38.5 Å². The highest BCUT2D eigenvalue weighted by molar-refractivity contribution is 7.98. The van der Waals surface area contributed by atoms with Gasteiger partial charge in [-0.3, -0.25) is 0 Å². The van der Waals surface area contributed by atoms with E-state index in [4.69, 9.17) is 0 Å². The van der Waals surface area contributed by atoms with Gasteiger partial charge in [0.2, 0.25) is 0 Å². The minimum atomic E-state index is 0. The smallest absolute Gasteiger partial charge is 0.0185 e. The van der Waals surface area contributed by atoms with Crippen LogP contribution in [0.15, 0.2) is 30.3 Å². The number of halogens is 1. The van der Waals surface area contributed by atoms with E-state index in [9.17, 15) is 0 Å². The van der Waals surface area contributed by atoms with Crippen molar-refractivity contribution in [1.82, 2.24) is 10.2 Å². The van der Waals surface area contributed by atoms with Crippen molar-refractivity contribution in [2.45, 2.75) is 24.6 Å². The summed E-state index contributed by atoms with van der Waals surface area (Å²) in [5.74, 6) is 2.40. The lowest BCUT2D eigenvalue weighted by atomic mass is 10.1. The van der Waals surface area contributed by atoms with Crippen LogP contribution < -0.4 is 5.32 Å². The first-order chi connectivity index (χ1) is 8.88. The highest BCUT2D eigenvalue weighted by atomic mass is 35.5. The number of nitrogens with zero attached hydrogens (tertiary/aromatic N) is 1. The molecular weight excluding hydrogens is 276 g/mol. The largest absolute Gasteiger partial charge is 0.317 e. The van der Waals surface area contributed by atoms with Gasteiger partial charge in [0.05, 0.1) is 0 Å². The SMILES string of the molecule is CNC1CCN(CCSCc2ccccc2)CC1.Cl. The fraction of sp³-hybridized carbons (Fsp3) is 0.600. The molecule has 0 amide bonds. The molecular formula is C15H25ClN2S. The Hall–Kier alpha value is -0.220. The molecule has 108 valence electrons. The number of thioether (sulfide) groups is 1. The zero-order valence-electron chi connectivity index (χ0n) is 11.7. The molecule has 1 fully saturated rings. The summed E-state index contributed by atoms with van der Waals surface area (Å²) in [6.07, 6.45) is 2.61. The zero-order valence-corrected chi connectivity index (χ0v) is 13.3. The van der Waals surface area contributed by atoms with Crippen LogP contribution in [0.1, 0.15) is 18.4 Å². The van der Waals surface area contributed by atoms with Crippen molar-refractivity contribution in [3.8, 4) is 0 Å². The molecule has 0 aromatic heterocycles. The topological polar surface area (TPSA) is 15.3 Å². The molecule has 2 rings (SSSR count). The van der Waals surface area contributed by atoms with E-state index in [1.54, 1.807) is 0 Å². The van der Waals surface area contributed by atoms with Crippen LogP contribution in [0.4, 0.5) is 0 Å². The van der Waals surface area contributed by atoms with Crippen molar-refractivity contribution in [2.75, 3.05) is 32.4 Å². The third kappa shape index (κ3) is 6.17. The predicted molar refractivity (Wildman–Crippen MR) is 88.4 cm³/mol. The van der Waals surface area contributed by atoms with E-state index >= 15 is 0 Å². The van der Waals surface area contributed by atoms with Crippen LogP contribution in [0.3, 0.4) is 0 Å². The molecule has 0 saturated carbocycles. The molecule has 0 spiro atoms. The Morgan fingerprint density at radius 1 is 1.21 bits per heavy atom. The Labute approximate surface area is 127 Å². The van der Waals surface area contributed by atoms with Gasteiger partial charge in [-0.1, -0.05) is 30.3 Å². The van der Waals surface area contributed by atoms with Gasteiger partial charge in [0, 0.05) is 24.1 Å². The Bertz CT molecular complexity index is 326. The van der Waals surface area contributed by atoms with Gasteiger partial charge in [0.25, 0.3) is 0 Å². The molecule has 2 nitrogen and oxygen atoms in total. The average Bonchev–Trinajstić information content (AvgIpc) is 2.45. The molecule has 0 aliphatic carbocycles. The molecule has 1 N–H and O–H groups in total. The molecule has 1 heterocycles. The molecule has 4 heteroatoms. The molecule has 0 unspecified atom stereocenters. The van der Waals surface area contributed by atoms with E-state index in [2.05, 4.69) is 47.6 Å². The Kier molecular flexibility index (Phi) is 8.55. The number of nitrogens with one attached hydrogen (secondary N) is 1. The first-order valence-electron chi connectivity index (χ1n) is 6.90. The zero-order chi connectivity index (χ0) is 12.6. The van der Waals surface area contributed by atoms with Crippen LogP contribution in [0.2, 0.25) is 0 Å². The van der Waals surface area contributed by atoms with E-state index in [1.807, 2.05) is 11.8 Å². The third-order valence-corrected chi connectivity index (χ3v) is 4.67. The van der Waals surface area contributed by atoms with Crippen LogP contribution in [0, 0.1) is 0 Å². The molecule has 1 aliphatic rings. The summed E-state index contributed by atoms with van der Waals surface area (Å²) >= 11 is 2.05. The maximum Gasteiger partial charge on any atom is 0.0185 e. The maximum absolute atomic E-state index is 3.38. The van der Waals surface area contributed by atoms with Gasteiger partial charge < -0.3 is 10.2 Å². The van der Waals surface area contributed by atoms with Crippen molar-refractivity contribution in [3.63, 3.8) is 0 Å². The molecule has 19 heavy (non-hydrogen) atoms. The Morgan fingerprint density at radius 3 is 2.53 bits per heavy atom. The molecule has 1 aromatic carbocycles. The normalized spacial score (nSPS) is 17.1. The van der Waals surface area contributed by atoms with Crippen LogP contribution in [-0.4, -0.2) is 43.4 Å². The van der Waals surface area contributed by atoms with E-state index in [0.29, 0.717) is 0 Å². The van der Waals surface area contributed by atoms with Crippen molar-refractivity contribution in [3.05, 3.63) is 35.9 Å². The van der Waals surface area contributed by atoms with Crippen LogP contribution in [-0.2, 0) is 5.75 Å². The summed E-state index contributed by atoms with van der Waals surface area (Å²) < 4.78 is 0. The average molecular weight is 301 g/mol. The van der Waals surface area contributed by atoms with E-state index in [0.717, 1.165) is 11.8 Å². The molecule has 0 bridgehead atoms. The number of hydrogen-bond acceptors (Lipinski definition) is 3. The van der Waals surface area contributed by atoms with Gasteiger partial charge in [0.15, 0.2) is 0 Å². The van der Waals surface area contributed by atoms with Gasteiger partial charge >= 0.3 is 0 Å².